The standard InChI is InChI=1S/C39H33NO9S/c1-45-32-19-18-29-31(36(32)49-50(43,44)28-16-10-5-11-17-28)24-40-21-20-27-22-33(46-2)34(47-38(41)25-12-6-3-7-13-25)23-30(27)35(40)37(29)48-39(42)26-14-8-4-9-15-26/h3-19,22-23,35,37H,20-21,24H2,1-2H3. The highest BCUT2D eigenvalue weighted by molar-refractivity contribution is 7.87. The van der Waals surface area contributed by atoms with Crippen LogP contribution in [0.2, 0.25) is 0 Å². The normalized spacial score (nSPS) is 16.6. The number of carbonyl (C=O) groups is 2. The molecule has 2 heterocycles. The Morgan fingerprint density at radius 1 is 0.700 bits per heavy atom. The summed E-state index contributed by atoms with van der Waals surface area (Å²) in [7, 11) is -1.31. The maximum Gasteiger partial charge on any atom is 0.343 e. The number of hydrogen-bond donors (Lipinski definition) is 0. The lowest BCUT2D eigenvalue weighted by molar-refractivity contribution is -0.0179. The summed E-state index contributed by atoms with van der Waals surface area (Å²) < 4.78 is 56.3. The summed E-state index contributed by atoms with van der Waals surface area (Å²) in [5.74, 6) is -0.269. The molecule has 0 amide bonds. The van der Waals surface area contributed by atoms with E-state index in [4.69, 9.17) is 23.1 Å². The van der Waals surface area contributed by atoms with Crippen molar-refractivity contribution in [3.8, 4) is 23.0 Å². The van der Waals surface area contributed by atoms with Gasteiger partial charge < -0.3 is 23.1 Å². The summed E-state index contributed by atoms with van der Waals surface area (Å²) in [5.41, 5.74) is 3.51. The minimum Gasteiger partial charge on any atom is -0.493 e. The van der Waals surface area contributed by atoms with Gasteiger partial charge in [0.25, 0.3) is 0 Å². The van der Waals surface area contributed by atoms with Crippen molar-refractivity contribution in [3.63, 3.8) is 0 Å². The Balaban J connectivity index is 1.35. The molecule has 0 N–H and O–H groups in total. The Morgan fingerprint density at radius 2 is 1.32 bits per heavy atom. The van der Waals surface area contributed by atoms with Gasteiger partial charge in [-0.2, -0.15) is 8.42 Å². The molecule has 50 heavy (non-hydrogen) atoms. The minimum atomic E-state index is -4.26. The van der Waals surface area contributed by atoms with Crippen LogP contribution in [0.15, 0.2) is 120 Å². The highest BCUT2D eigenvalue weighted by atomic mass is 32.2. The SMILES string of the molecule is COc1cc2c(cc1OC(=O)c1ccccc1)C1C(OC(=O)c3ccccc3)c3ccc(OC)c(OS(=O)(=O)c4ccccc4)c3CN1CC2. The topological polar surface area (TPSA) is 118 Å². The molecule has 5 aromatic carbocycles. The van der Waals surface area contributed by atoms with Crippen LogP contribution in [0.3, 0.4) is 0 Å². The molecule has 0 spiro atoms. The second-order valence-electron chi connectivity index (χ2n) is 11.8. The summed E-state index contributed by atoms with van der Waals surface area (Å²) in [5, 5.41) is 0. The number of hydrogen-bond acceptors (Lipinski definition) is 10. The van der Waals surface area contributed by atoms with Gasteiger partial charge in [0, 0.05) is 24.2 Å². The van der Waals surface area contributed by atoms with E-state index in [1.54, 1.807) is 91.0 Å². The molecule has 11 heteroatoms. The highest BCUT2D eigenvalue weighted by Gasteiger charge is 2.44. The third-order valence-electron chi connectivity index (χ3n) is 8.92. The van der Waals surface area contributed by atoms with E-state index in [0.29, 0.717) is 41.0 Å². The van der Waals surface area contributed by atoms with Gasteiger partial charge in [0.05, 0.1) is 31.4 Å². The number of methoxy groups -OCH3 is 2. The van der Waals surface area contributed by atoms with Crippen LogP contribution in [0.4, 0.5) is 0 Å². The average molecular weight is 692 g/mol. The second-order valence-corrected chi connectivity index (χ2v) is 13.4. The first-order valence-corrected chi connectivity index (χ1v) is 17.4. The molecule has 0 saturated heterocycles. The number of benzene rings is 5. The van der Waals surface area contributed by atoms with Gasteiger partial charge in [-0.15, -0.1) is 0 Å². The van der Waals surface area contributed by atoms with Gasteiger partial charge in [0.15, 0.2) is 23.0 Å². The number of esters is 2. The molecule has 2 atom stereocenters. The summed E-state index contributed by atoms with van der Waals surface area (Å²) in [4.78, 5) is 29.0. The Kier molecular flexibility index (Phi) is 9.00. The largest absolute Gasteiger partial charge is 0.493 e. The van der Waals surface area contributed by atoms with Crippen molar-refractivity contribution in [1.82, 2.24) is 4.90 Å². The van der Waals surface area contributed by atoms with Gasteiger partial charge >= 0.3 is 22.1 Å². The van der Waals surface area contributed by atoms with Crippen LogP contribution in [-0.2, 0) is 27.8 Å². The zero-order chi connectivity index (χ0) is 34.8. The van der Waals surface area contributed by atoms with Crippen molar-refractivity contribution in [1.29, 1.82) is 0 Å². The predicted molar refractivity (Wildman–Crippen MR) is 183 cm³/mol. The summed E-state index contributed by atoms with van der Waals surface area (Å²) in [6.07, 6.45) is -0.337. The van der Waals surface area contributed by atoms with Crippen molar-refractivity contribution < 1.29 is 41.1 Å². The molecule has 0 aliphatic carbocycles. The van der Waals surface area contributed by atoms with E-state index in [2.05, 4.69) is 4.90 Å². The van der Waals surface area contributed by atoms with E-state index in [0.717, 1.165) is 11.1 Å². The predicted octanol–water partition coefficient (Wildman–Crippen LogP) is 6.70. The number of rotatable bonds is 9. The first-order chi connectivity index (χ1) is 24.3. The maximum atomic E-state index is 13.7. The lowest BCUT2D eigenvalue weighted by Gasteiger charge is -2.45. The Hall–Kier alpha value is -5.65. The molecule has 2 unspecified atom stereocenters. The fourth-order valence-corrected chi connectivity index (χ4v) is 7.51. The van der Waals surface area contributed by atoms with Gasteiger partial charge in [-0.05, 0) is 72.1 Å². The summed E-state index contributed by atoms with van der Waals surface area (Å²) in [6.45, 7) is 0.783. The Bertz CT molecular complexity index is 2160. The maximum absolute atomic E-state index is 13.7. The summed E-state index contributed by atoms with van der Waals surface area (Å²) >= 11 is 0. The van der Waals surface area contributed by atoms with E-state index >= 15 is 0 Å². The number of nitrogens with zero attached hydrogens (tertiary/aromatic N) is 1. The quantitative estimate of drug-likeness (QED) is 0.0939. The molecule has 7 rings (SSSR count). The van der Waals surface area contributed by atoms with E-state index < -0.39 is 34.2 Å². The smallest absolute Gasteiger partial charge is 0.343 e. The molecule has 5 aromatic rings. The fourth-order valence-electron chi connectivity index (χ4n) is 6.52. The number of carbonyl (C=O) groups excluding carboxylic acids is 2. The van der Waals surface area contributed by atoms with Crippen LogP contribution in [0.25, 0.3) is 0 Å². The minimum absolute atomic E-state index is 0.0150. The third kappa shape index (κ3) is 6.28. The van der Waals surface area contributed by atoms with Crippen LogP contribution in [0.5, 0.6) is 23.0 Å². The van der Waals surface area contributed by atoms with Crippen molar-refractivity contribution >= 4 is 22.1 Å². The Labute approximate surface area is 289 Å². The lowest BCUT2D eigenvalue weighted by atomic mass is 9.81. The average Bonchev–Trinajstić information content (AvgIpc) is 3.15. The monoisotopic (exact) mass is 691 g/mol. The fraction of sp³-hybridized carbons (Fsp3) is 0.179. The van der Waals surface area contributed by atoms with Gasteiger partial charge in [-0.25, -0.2) is 9.59 Å². The van der Waals surface area contributed by atoms with Crippen LogP contribution < -0.4 is 18.4 Å². The lowest BCUT2D eigenvalue weighted by Crippen LogP contribution is -2.43. The van der Waals surface area contributed by atoms with Crippen LogP contribution in [-0.4, -0.2) is 46.0 Å². The molecule has 254 valence electrons. The van der Waals surface area contributed by atoms with Gasteiger partial charge in [0.2, 0.25) is 0 Å². The van der Waals surface area contributed by atoms with Gasteiger partial charge in [0.1, 0.15) is 11.0 Å². The first-order valence-electron chi connectivity index (χ1n) is 15.9. The molecule has 10 nitrogen and oxygen atoms in total. The molecule has 0 fully saturated rings. The highest BCUT2D eigenvalue weighted by Crippen LogP contribution is 2.52. The summed E-state index contributed by atoms with van der Waals surface area (Å²) in [6, 6.07) is 31.6. The number of fused-ring (bicyclic) bond motifs is 4. The third-order valence-corrected chi connectivity index (χ3v) is 10.2. The van der Waals surface area contributed by atoms with E-state index in [-0.39, 0.29) is 28.7 Å². The van der Waals surface area contributed by atoms with Gasteiger partial charge in [-0.3, -0.25) is 4.90 Å². The van der Waals surface area contributed by atoms with E-state index in [9.17, 15) is 18.0 Å². The van der Waals surface area contributed by atoms with E-state index in [1.165, 1.54) is 26.4 Å². The molecular formula is C39H33NO9S. The van der Waals surface area contributed by atoms with E-state index in [1.807, 2.05) is 12.1 Å². The molecule has 0 aromatic heterocycles. The van der Waals surface area contributed by atoms with Crippen molar-refractivity contribution in [3.05, 3.63) is 149 Å². The van der Waals surface area contributed by atoms with Crippen molar-refractivity contribution in [2.75, 3.05) is 20.8 Å². The molecule has 0 radical (unpaired) electrons. The van der Waals surface area contributed by atoms with Crippen LogP contribution in [0, 0.1) is 0 Å². The van der Waals surface area contributed by atoms with Crippen molar-refractivity contribution in [2.45, 2.75) is 30.0 Å². The van der Waals surface area contributed by atoms with Crippen LogP contribution >= 0.6 is 0 Å². The first kappa shape index (κ1) is 32.9. The zero-order valence-electron chi connectivity index (χ0n) is 27.3. The van der Waals surface area contributed by atoms with Crippen molar-refractivity contribution in [2.24, 2.45) is 0 Å². The zero-order valence-corrected chi connectivity index (χ0v) is 28.1. The molecule has 0 bridgehead atoms. The second kappa shape index (κ2) is 13.7. The molecule has 2 aliphatic rings. The van der Waals surface area contributed by atoms with Gasteiger partial charge in [-0.1, -0.05) is 60.7 Å². The number of ether oxygens (including phenoxy) is 4. The molecule has 0 saturated carbocycles. The van der Waals surface area contributed by atoms with Crippen LogP contribution in [0.1, 0.15) is 55.1 Å². The Morgan fingerprint density at radius 3 is 1.96 bits per heavy atom. The molecule has 2 aliphatic heterocycles. The molecular weight excluding hydrogens is 658 g/mol.